The predicted octanol–water partition coefficient (Wildman–Crippen LogP) is 3.47. The maximum atomic E-state index is 11.0. The molecule has 11 heteroatoms. The largest absolute Gasteiger partial charge is 0.286 e. The highest BCUT2D eigenvalue weighted by atomic mass is 32.2. The van der Waals surface area contributed by atoms with E-state index in [1.807, 2.05) is 36.4 Å². The zero-order valence-corrected chi connectivity index (χ0v) is 21.1. The number of thioether (sulfide) groups is 2. The minimum absolute atomic E-state index is 0.120. The van der Waals surface area contributed by atoms with E-state index < -0.39 is 28.2 Å². The molecule has 2 aromatic rings. The molecule has 2 N–H and O–H groups in total. The molecule has 2 rings (SSSR count). The van der Waals surface area contributed by atoms with Crippen molar-refractivity contribution >= 4 is 62.3 Å². The first-order chi connectivity index (χ1) is 14.6. The van der Waals surface area contributed by atoms with Crippen molar-refractivity contribution in [2.24, 2.45) is 0 Å². The molecule has 0 fully saturated rings. The van der Waals surface area contributed by atoms with Gasteiger partial charge in [0.25, 0.3) is 20.2 Å². The summed E-state index contributed by atoms with van der Waals surface area (Å²) < 4.78 is 62.0. The van der Waals surface area contributed by atoms with E-state index in [4.69, 9.17) is 9.11 Å². The first kappa shape index (κ1) is 26.6. The van der Waals surface area contributed by atoms with Crippen LogP contribution in [0, 0.1) is 0 Å². The highest BCUT2D eigenvalue weighted by Gasteiger charge is 2.21. The molecule has 0 spiro atoms. The Bertz CT molecular complexity index is 905. The molecule has 0 amide bonds. The van der Waals surface area contributed by atoms with Gasteiger partial charge in [-0.3, -0.25) is 9.11 Å². The van der Waals surface area contributed by atoms with E-state index in [2.05, 4.69) is 24.3 Å². The zero-order valence-electron chi connectivity index (χ0n) is 16.9. The van der Waals surface area contributed by atoms with E-state index in [1.54, 1.807) is 23.5 Å². The lowest BCUT2D eigenvalue weighted by Gasteiger charge is -2.24. The van der Waals surface area contributed by atoms with Crippen LogP contribution in [0.1, 0.15) is 12.8 Å². The first-order valence-electron chi connectivity index (χ1n) is 9.65. The summed E-state index contributed by atoms with van der Waals surface area (Å²) >= 11 is 3.26. The maximum Gasteiger partial charge on any atom is 0.264 e. The summed E-state index contributed by atoms with van der Waals surface area (Å²) in [4.78, 5) is 0. The van der Waals surface area contributed by atoms with Crippen molar-refractivity contribution in [1.29, 1.82) is 0 Å². The maximum absolute atomic E-state index is 11.0. The van der Waals surface area contributed by atoms with Gasteiger partial charge >= 0.3 is 0 Å². The monoisotopic (exact) mass is 522 g/mol. The van der Waals surface area contributed by atoms with Crippen molar-refractivity contribution in [2.75, 3.05) is 29.2 Å². The van der Waals surface area contributed by atoms with E-state index in [0.717, 1.165) is 6.16 Å². The lowest BCUT2D eigenvalue weighted by molar-refractivity contribution is 0.480. The Labute approximate surface area is 194 Å². The highest BCUT2D eigenvalue weighted by molar-refractivity contribution is 8.17. The molecule has 0 heterocycles. The summed E-state index contributed by atoms with van der Waals surface area (Å²) in [5, 5.41) is 2.48. The molecule has 0 radical (unpaired) electrons. The van der Waals surface area contributed by atoms with Gasteiger partial charge in [-0.1, -0.05) is 60.7 Å². The van der Waals surface area contributed by atoms with Crippen LogP contribution in [-0.2, 0) is 20.2 Å². The Balaban J connectivity index is 2.10. The fourth-order valence-corrected chi connectivity index (χ4v) is 10.1. The summed E-state index contributed by atoms with van der Waals surface area (Å²) in [7, 11) is -8.61. The molecule has 0 aliphatic carbocycles. The Hall–Kier alpha value is -0.610. The second-order valence-corrected chi connectivity index (χ2v) is 15.0. The van der Waals surface area contributed by atoms with Gasteiger partial charge in [0.2, 0.25) is 0 Å². The number of hydrogen-bond acceptors (Lipinski definition) is 6. The van der Waals surface area contributed by atoms with Crippen molar-refractivity contribution in [1.82, 2.24) is 0 Å². The standard InChI is InChI=1S/C20H27O6PS4/c21-30(22,23)15-7-13-28-20(29-14-8-16-31(24,25)26)17-27(18-9-3-1-4-10-18)19-11-5-2-6-12-19/h1-6,9-12,20H,7-8,13-17H2,(H,21,22,23)(H,24,25,26). The van der Waals surface area contributed by atoms with Crippen molar-refractivity contribution in [3.63, 3.8) is 0 Å². The van der Waals surface area contributed by atoms with Crippen molar-refractivity contribution in [2.45, 2.75) is 17.4 Å². The average Bonchev–Trinajstić information content (AvgIpc) is 2.71. The van der Waals surface area contributed by atoms with Gasteiger partial charge in [0.15, 0.2) is 0 Å². The van der Waals surface area contributed by atoms with Gasteiger partial charge in [0.05, 0.1) is 16.1 Å². The Morgan fingerprint density at radius 1 is 0.710 bits per heavy atom. The van der Waals surface area contributed by atoms with E-state index >= 15 is 0 Å². The Morgan fingerprint density at radius 2 is 1.10 bits per heavy atom. The lowest BCUT2D eigenvalue weighted by atomic mass is 10.4. The molecule has 0 aliphatic heterocycles. The van der Waals surface area contributed by atoms with Crippen LogP contribution in [0.3, 0.4) is 0 Å². The number of benzene rings is 2. The summed E-state index contributed by atoms with van der Waals surface area (Å²) in [5.41, 5.74) is 0. The van der Waals surface area contributed by atoms with Gasteiger partial charge in [-0.05, 0) is 49.0 Å². The van der Waals surface area contributed by atoms with Gasteiger partial charge < -0.3 is 0 Å². The van der Waals surface area contributed by atoms with Crippen LogP contribution in [0.15, 0.2) is 60.7 Å². The smallest absolute Gasteiger partial charge is 0.264 e. The van der Waals surface area contributed by atoms with Crippen molar-refractivity contribution < 1.29 is 25.9 Å². The first-order valence-corrected chi connectivity index (χ1v) is 16.5. The van der Waals surface area contributed by atoms with Gasteiger partial charge in [-0.15, -0.1) is 23.5 Å². The van der Waals surface area contributed by atoms with Crippen LogP contribution in [0.25, 0.3) is 0 Å². The Morgan fingerprint density at radius 3 is 1.45 bits per heavy atom. The van der Waals surface area contributed by atoms with Crippen LogP contribution < -0.4 is 10.6 Å². The third-order valence-corrected chi connectivity index (χ3v) is 11.8. The van der Waals surface area contributed by atoms with Crippen molar-refractivity contribution in [3.8, 4) is 0 Å². The third-order valence-electron chi connectivity index (χ3n) is 4.17. The molecule has 2 aromatic carbocycles. The molecule has 0 aromatic heterocycles. The SMILES string of the molecule is O=S(=O)(O)CCCSC(CP(c1ccccc1)c1ccccc1)SCCCS(=O)(=O)O. The van der Waals surface area contributed by atoms with Crippen LogP contribution in [0.4, 0.5) is 0 Å². The summed E-state index contributed by atoms with van der Waals surface area (Å²) in [6.45, 7) is 0. The van der Waals surface area contributed by atoms with E-state index in [-0.39, 0.29) is 16.1 Å². The minimum atomic E-state index is -3.98. The fourth-order valence-electron chi connectivity index (χ4n) is 2.79. The number of hydrogen-bond donors (Lipinski definition) is 2. The van der Waals surface area contributed by atoms with E-state index in [9.17, 15) is 16.8 Å². The van der Waals surface area contributed by atoms with Crippen LogP contribution in [0.2, 0.25) is 0 Å². The third kappa shape index (κ3) is 11.7. The zero-order chi connectivity index (χ0) is 22.7. The summed E-state index contributed by atoms with van der Waals surface area (Å²) in [5.74, 6) is 0.601. The van der Waals surface area contributed by atoms with Gasteiger partial charge in [-0.2, -0.15) is 16.8 Å². The molecular weight excluding hydrogens is 495 g/mol. The molecule has 0 unspecified atom stereocenters. The van der Waals surface area contributed by atoms with Gasteiger partial charge in [0, 0.05) is 0 Å². The summed E-state index contributed by atoms with van der Waals surface area (Å²) in [6, 6.07) is 20.5. The number of rotatable bonds is 14. The second-order valence-electron chi connectivity index (χ2n) is 6.73. The predicted molar refractivity (Wildman–Crippen MR) is 135 cm³/mol. The molecular formula is C20H27O6PS4. The van der Waals surface area contributed by atoms with Gasteiger partial charge in [0.1, 0.15) is 0 Å². The molecule has 0 saturated heterocycles. The van der Waals surface area contributed by atoms with E-state index in [0.29, 0.717) is 24.3 Å². The summed E-state index contributed by atoms with van der Waals surface area (Å²) in [6.07, 6.45) is 1.54. The quantitative estimate of drug-likeness (QED) is 0.168. The normalized spacial score (nSPS) is 12.5. The van der Waals surface area contributed by atoms with Crippen molar-refractivity contribution in [3.05, 3.63) is 60.7 Å². The topological polar surface area (TPSA) is 109 Å². The molecule has 0 bridgehead atoms. The van der Waals surface area contributed by atoms with Crippen LogP contribution in [-0.4, -0.2) is 59.7 Å². The van der Waals surface area contributed by atoms with E-state index in [1.165, 1.54) is 10.6 Å². The molecule has 0 atom stereocenters. The molecule has 31 heavy (non-hydrogen) atoms. The minimum Gasteiger partial charge on any atom is -0.286 e. The fraction of sp³-hybridized carbons (Fsp3) is 0.400. The second kappa shape index (κ2) is 13.2. The van der Waals surface area contributed by atoms with Crippen LogP contribution >= 0.6 is 31.4 Å². The molecule has 172 valence electrons. The lowest BCUT2D eigenvalue weighted by Crippen LogP contribution is -2.19. The van der Waals surface area contributed by atoms with Gasteiger partial charge in [-0.25, -0.2) is 0 Å². The Kier molecular flexibility index (Phi) is 11.3. The molecule has 0 saturated carbocycles. The average molecular weight is 523 g/mol. The highest BCUT2D eigenvalue weighted by Crippen LogP contribution is 2.40. The molecule has 6 nitrogen and oxygen atoms in total. The molecule has 0 aliphatic rings. The van der Waals surface area contributed by atoms with Crippen LogP contribution in [0.5, 0.6) is 0 Å².